The summed E-state index contributed by atoms with van der Waals surface area (Å²) in [6, 6.07) is 1.92. The van der Waals surface area contributed by atoms with Gasteiger partial charge in [-0.3, -0.25) is 9.78 Å². The van der Waals surface area contributed by atoms with Crippen LogP contribution in [-0.4, -0.2) is 21.6 Å². The normalized spacial score (nSPS) is 10.4. The van der Waals surface area contributed by atoms with Gasteiger partial charge in [0.1, 0.15) is 10.7 Å². The molecule has 0 amide bonds. The van der Waals surface area contributed by atoms with Crippen LogP contribution in [0.15, 0.2) is 23.8 Å². The second-order valence-electron chi connectivity index (χ2n) is 3.29. The Hall–Kier alpha value is -1.26. The highest BCUT2D eigenvalue weighted by Gasteiger charge is 2.11. The van der Waals surface area contributed by atoms with Crippen molar-refractivity contribution < 1.29 is 4.79 Å². The average molecular weight is 253 g/mol. The molecule has 2 heterocycles. The average Bonchev–Trinajstić information content (AvgIpc) is 2.78. The first-order chi connectivity index (χ1) is 7.72. The first-order valence-corrected chi connectivity index (χ1v) is 6.09. The maximum atomic E-state index is 11.3. The minimum Gasteiger partial charge on any atom is -0.291 e. The number of pyridine rings is 1. The molecule has 0 aliphatic heterocycles. The van der Waals surface area contributed by atoms with Crippen molar-refractivity contribution in [2.45, 2.75) is 6.92 Å². The van der Waals surface area contributed by atoms with Crippen molar-refractivity contribution in [2.24, 2.45) is 0 Å². The number of Topliss-reactive ketones (excluding diaryl/α,β-unsaturated/α-hetero) is 1. The predicted octanol–water partition coefficient (Wildman–Crippen LogP) is 2.94. The molecule has 0 fully saturated rings. The van der Waals surface area contributed by atoms with Crippen molar-refractivity contribution >= 4 is 28.7 Å². The van der Waals surface area contributed by atoms with Crippen LogP contribution in [-0.2, 0) is 0 Å². The molecule has 2 rings (SSSR count). The number of hydrogen-bond acceptors (Lipinski definition) is 4. The monoisotopic (exact) mass is 252 g/mol. The minimum atomic E-state index is -0.147. The number of carbonyl (C=O) groups excluding carboxylic acids is 1. The van der Waals surface area contributed by atoms with Gasteiger partial charge in [-0.15, -0.1) is 22.9 Å². The molecule has 0 unspecified atom stereocenters. The summed E-state index contributed by atoms with van der Waals surface area (Å²) in [7, 11) is 0. The van der Waals surface area contributed by atoms with Gasteiger partial charge in [0, 0.05) is 23.3 Å². The summed E-state index contributed by atoms with van der Waals surface area (Å²) in [4.78, 5) is 19.6. The molecular formula is C11H9ClN2OS. The summed E-state index contributed by atoms with van der Waals surface area (Å²) < 4.78 is 0. The van der Waals surface area contributed by atoms with Gasteiger partial charge in [0.15, 0.2) is 5.78 Å². The molecule has 82 valence electrons. The molecule has 0 aliphatic rings. The topological polar surface area (TPSA) is 42.9 Å². The van der Waals surface area contributed by atoms with Gasteiger partial charge < -0.3 is 0 Å². The lowest BCUT2D eigenvalue weighted by Gasteiger charge is -1.99. The summed E-state index contributed by atoms with van der Waals surface area (Å²) in [6.07, 6.45) is 3.49. The molecule has 0 aromatic carbocycles. The van der Waals surface area contributed by atoms with E-state index in [0.29, 0.717) is 5.69 Å². The molecule has 0 radical (unpaired) electrons. The highest BCUT2D eigenvalue weighted by atomic mass is 35.5. The van der Waals surface area contributed by atoms with Gasteiger partial charge in [0.2, 0.25) is 0 Å². The second kappa shape index (κ2) is 4.72. The van der Waals surface area contributed by atoms with E-state index in [-0.39, 0.29) is 11.7 Å². The quantitative estimate of drug-likeness (QED) is 0.623. The van der Waals surface area contributed by atoms with Crippen molar-refractivity contribution in [3.8, 4) is 10.6 Å². The van der Waals surface area contributed by atoms with Crippen LogP contribution in [0.2, 0.25) is 0 Å². The number of rotatable bonds is 3. The van der Waals surface area contributed by atoms with Gasteiger partial charge in [-0.1, -0.05) is 0 Å². The maximum Gasteiger partial charge on any atom is 0.196 e. The Morgan fingerprint density at radius 3 is 3.06 bits per heavy atom. The molecule has 2 aromatic heterocycles. The van der Waals surface area contributed by atoms with Crippen LogP contribution in [0.3, 0.4) is 0 Å². The highest BCUT2D eigenvalue weighted by Crippen LogP contribution is 2.25. The zero-order chi connectivity index (χ0) is 11.5. The van der Waals surface area contributed by atoms with Crippen LogP contribution in [0.1, 0.15) is 16.1 Å². The first-order valence-electron chi connectivity index (χ1n) is 4.68. The van der Waals surface area contributed by atoms with Crippen LogP contribution < -0.4 is 0 Å². The summed E-state index contributed by atoms with van der Waals surface area (Å²) in [5.74, 6) is -0.180. The summed E-state index contributed by atoms with van der Waals surface area (Å²) in [5, 5.41) is 2.53. The number of halogens is 1. The molecule has 5 heteroatoms. The van der Waals surface area contributed by atoms with Crippen molar-refractivity contribution in [2.75, 3.05) is 5.88 Å². The number of thiazole rings is 1. The number of nitrogens with zero attached hydrogens (tertiary/aromatic N) is 2. The zero-order valence-corrected chi connectivity index (χ0v) is 10.2. The third kappa shape index (κ3) is 2.13. The molecule has 3 nitrogen and oxygen atoms in total. The maximum absolute atomic E-state index is 11.3. The van der Waals surface area contributed by atoms with Crippen molar-refractivity contribution in [3.63, 3.8) is 0 Å². The minimum absolute atomic E-state index is 0.0325. The Balaban J connectivity index is 2.39. The van der Waals surface area contributed by atoms with Gasteiger partial charge in [-0.2, -0.15) is 0 Å². The van der Waals surface area contributed by atoms with Crippen molar-refractivity contribution in [3.05, 3.63) is 35.1 Å². The SMILES string of the molecule is Cc1ccncc1-c1nc(C(=O)CCl)cs1. The fraction of sp³-hybridized carbons (Fsp3) is 0.182. The molecule has 16 heavy (non-hydrogen) atoms. The lowest BCUT2D eigenvalue weighted by molar-refractivity contribution is 0.101. The van der Waals surface area contributed by atoms with Crippen LogP contribution in [0.25, 0.3) is 10.6 Å². The summed E-state index contributed by atoms with van der Waals surface area (Å²) in [5.41, 5.74) is 2.48. The van der Waals surface area contributed by atoms with E-state index in [4.69, 9.17) is 11.6 Å². The molecule has 0 aliphatic carbocycles. The van der Waals surface area contributed by atoms with Gasteiger partial charge in [-0.05, 0) is 18.6 Å². The first kappa shape index (κ1) is 11.2. The van der Waals surface area contributed by atoms with E-state index in [1.807, 2.05) is 13.0 Å². The number of aromatic nitrogens is 2. The smallest absolute Gasteiger partial charge is 0.196 e. The lowest BCUT2D eigenvalue weighted by atomic mass is 10.2. The van der Waals surface area contributed by atoms with Gasteiger partial charge >= 0.3 is 0 Å². The fourth-order valence-corrected chi connectivity index (χ4v) is 2.32. The van der Waals surface area contributed by atoms with Gasteiger partial charge in [-0.25, -0.2) is 4.98 Å². The van der Waals surface area contributed by atoms with E-state index < -0.39 is 0 Å². The van der Waals surface area contributed by atoms with Crippen LogP contribution in [0, 0.1) is 6.92 Å². The predicted molar refractivity (Wildman–Crippen MR) is 65.1 cm³/mol. The van der Waals surface area contributed by atoms with Crippen molar-refractivity contribution in [1.82, 2.24) is 9.97 Å². The highest BCUT2D eigenvalue weighted by molar-refractivity contribution is 7.13. The van der Waals surface area contributed by atoms with Crippen LogP contribution in [0.5, 0.6) is 0 Å². The lowest BCUT2D eigenvalue weighted by Crippen LogP contribution is -2.00. The van der Waals surface area contributed by atoms with E-state index in [9.17, 15) is 4.79 Å². The molecule has 0 bridgehead atoms. The van der Waals surface area contributed by atoms with Crippen LogP contribution >= 0.6 is 22.9 Å². The van der Waals surface area contributed by atoms with Gasteiger partial charge in [0.25, 0.3) is 0 Å². The summed E-state index contributed by atoms with van der Waals surface area (Å²) >= 11 is 6.91. The van der Waals surface area contributed by atoms with E-state index >= 15 is 0 Å². The van der Waals surface area contributed by atoms with E-state index in [0.717, 1.165) is 16.1 Å². The number of ketones is 1. The fourth-order valence-electron chi connectivity index (χ4n) is 1.28. The van der Waals surface area contributed by atoms with Crippen LogP contribution in [0.4, 0.5) is 0 Å². The molecule has 0 spiro atoms. The Bertz CT molecular complexity index is 524. The largest absolute Gasteiger partial charge is 0.291 e. The molecule has 0 saturated heterocycles. The van der Waals surface area contributed by atoms with E-state index in [1.165, 1.54) is 11.3 Å². The number of alkyl halides is 1. The van der Waals surface area contributed by atoms with E-state index in [1.54, 1.807) is 17.8 Å². The second-order valence-corrected chi connectivity index (χ2v) is 4.41. The Labute approximate surface area is 102 Å². The zero-order valence-electron chi connectivity index (χ0n) is 8.61. The Kier molecular flexibility index (Phi) is 3.31. The summed E-state index contributed by atoms with van der Waals surface area (Å²) in [6.45, 7) is 1.99. The third-order valence-electron chi connectivity index (χ3n) is 2.18. The Morgan fingerprint density at radius 1 is 1.56 bits per heavy atom. The molecule has 0 saturated carbocycles. The van der Waals surface area contributed by atoms with E-state index in [2.05, 4.69) is 9.97 Å². The number of carbonyl (C=O) groups is 1. The Morgan fingerprint density at radius 2 is 2.38 bits per heavy atom. The molecule has 2 aromatic rings. The molecule has 0 N–H and O–H groups in total. The third-order valence-corrected chi connectivity index (χ3v) is 3.30. The van der Waals surface area contributed by atoms with Gasteiger partial charge in [0.05, 0.1) is 5.88 Å². The number of aryl methyl sites for hydroxylation is 1. The number of hydrogen-bond donors (Lipinski definition) is 0. The standard InChI is InChI=1S/C11H9ClN2OS/c1-7-2-3-13-5-8(7)11-14-9(6-16-11)10(15)4-12/h2-3,5-6H,4H2,1H3. The molecule has 0 atom stereocenters. The van der Waals surface area contributed by atoms with Crippen molar-refractivity contribution in [1.29, 1.82) is 0 Å². The molecular weight excluding hydrogens is 244 g/mol.